The fourth-order valence-corrected chi connectivity index (χ4v) is 5.16. The molecule has 0 bridgehead atoms. The van der Waals surface area contributed by atoms with Crippen molar-refractivity contribution in [3.05, 3.63) is 42.5 Å². The molecular weight excluding hydrogens is 432 g/mol. The first-order valence-corrected chi connectivity index (χ1v) is 11.4. The summed E-state index contributed by atoms with van der Waals surface area (Å²) in [5, 5.41) is 4.88. The molecular formula is C23H22N2O6S. The molecule has 1 aliphatic carbocycles. The van der Waals surface area contributed by atoms with Gasteiger partial charge in [-0.25, -0.2) is 0 Å². The van der Waals surface area contributed by atoms with Crippen molar-refractivity contribution in [3.63, 3.8) is 0 Å². The van der Waals surface area contributed by atoms with E-state index in [1.54, 1.807) is 18.2 Å². The number of hydrogen-bond donors (Lipinski definition) is 2. The summed E-state index contributed by atoms with van der Waals surface area (Å²) in [6.07, 6.45) is 3.71. The van der Waals surface area contributed by atoms with Crippen LogP contribution in [0.4, 0.5) is 11.4 Å². The third-order valence-corrected chi connectivity index (χ3v) is 6.88. The molecule has 1 spiro atoms. The predicted octanol–water partition coefficient (Wildman–Crippen LogP) is 3.71. The van der Waals surface area contributed by atoms with E-state index in [-0.39, 0.29) is 12.3 Å². The average molecular weight is 455 g/mol. The molecule has 2 aliphatic heterocycles. The van der Waals surface area contributed by atoms with Gasteiger partial charge in [0, 0.05) is 29.5 Å². The first-order chi connectivity index (χ1) is 15.5. The van der Waals surface area contributed by atoms with E-state index < -0.39 is 29.5 Å². The van der Waals surface area contributed by atoms with Crippen molar-refractivity contribution in [2.24, 2.45) is 0 Å². The minimum absolute atomic E-state index is 0.121. The number of amides is 2. The van der Waals surface area contributed by atoms with E-state index in [0.29, 0.717) is 17.2 Å². The van der Waals surface area contributed by atoms with E-state index in [9.17, 15) is 14.4 Å². The number of hydrogen-bond acceptors (Lipinski definition) is 7. The second kappa shape index (κ2) is 8.38. The fraction of sp³-hybridized carbons (Fsp3) is 0.348. The number of rotatable bonds is 5. The van der Waals surface area contributed by atoms with Crippen LogP contribution in [0.25, 0.3) is 0 Å². The lowest BCUT2D eigenvalue weighted by atomic mass is 10.2. The highest BCUT2D eigenvalue weighted by Gasteiger charge is 2.44. The Morgan fingerprint density at radius 1 is 1.12 bits per heavy atom. The van der Waals surface area contributed by atoms with E-state index in [1.807, 2.05) is 24.3 Å². The van der Waals surface area contributed by atoms with Crippen molar-refractivity contribution in [2.45, 2.75) is 48.0 Å². The average Bonchev–Trinajstić information content (AvgIpc) is 3.38. The Balaban J connectivity index is 1.11. The zero-order chi connectivity index (χ0) is 22.1. The standard InChI is InChI=1S/C23H22N2O6S/c26-20(24-14-7-8-16-17(11-14)31-23(30-16)9-3-4-10-23)13-29-21(27)12-19-22(28)25-15-5-1-2-6-18(15)32-19/h1-2,5-8,11,19H,3-4,9-10,12-13H2,(H,24,26)(H,25,28). The number of para-hydroxylation sites is 1. The zero-order valence-electron chi connectivity index (χ0n) is 17.2. The van der Waals surface area contributed by atoms with Crippen LogP contribution >= 0.6 is 11.8 Å². The van der Waals surface area contributed by atoms with E-state index in [2.05, 4.69) is 10.6 Å². The van der Waals surface area contributed by atoms with Crippen LogP contribution in [0.2, 0.25) is 0 Å². The van der Waals surface area contributed by atoms with Gasteiger partial charge < -0.3 is 24.8 Å². The molecule has 2 N–H and O–H groups in total. The topological polar surface area (TPSA) is 103 Å². The lowest BCUT2D eigenvalue weighted by Gasteiger charge is -2.23. The van der Waals surface area contributed by atoms with Crippen molar-refractivity contribution in [3.8, 4) is 11.5 Å². The maximum Gasteiger partial charge on any atom is 0.307 e. The van der Waals surface area contributed by atoms with Crippen LogP contribution in [-0.4, -0.2) is 35.4 Å². The van der Waals surface area contributed by atoms with Gasteiger partial charge in [0.2, 0.25) is 5.91 Å². The molecule has 32 heavy (non-hydrogen) atoms. The maximum atomic E-state index is 12.2. The Kier molecular flexibility index (Phi) is 5.42. The van der Waals surface area contributed by atoms with Gasteiger partial charge in [-0.15, -0.1) is 11.8 Å². The Labute approximate surface area is 189 Å². The highest BCUT2D eigenvalue weighted by molar-refractivity contribution is 8.01. The first kappa shape index (κ1) is 20.7. The van der Waals surface area contributed by atoms with E-state index in [0.717, 1.165) is 36.3 Å². The molecule has 1 saturated carbocycles. The molecule has 5 rings (SSSR count). The minimum Gasteiger partial charge on any atom is -0.456 e. The van der Waals surface area contributed by atoms with Gasteiger partial charge in [0.15, 0.2) is 18.1 Å². The van der Waals surface area contributed by atoms with Crippen molar-refractivity contribution < 1.29 is 28.6 Å². The van der Waals surface area contributed by atoms with Crippen LogP contribution in [0.5, 0.6) is 11.5 Å². The molecule has 0 aromatic heterocycles. The molecule has 1 atom stereocenters. The summed E-state index contributed by atoms with van der Waals surface area (Å²) in [7, 11) is 0. The van der Waals surface area contributed by atoms with Gasteiger partial charge in [0.1, 0.15) is 0 Å². The molecule has 0 radical (unpaired) electrons. The molecule has 2 aromatic carbocycles. The van der Waals surface area contributed by atoms with Crippen LogP contribution in [0.3, 0.4) is 0 Å². The zero-order valence-corrected chi connectivity index (χ0v) is 18.0. The van der Waals surface area contributed by atoms with Gasteiger partial charge in [-0.2, -0.15) is 0 Å². The SMILES string of the molecule is O=C(COC(=O)CC1Sc2ccccc2NC1=O)Nc1ccc2c(c1)OC1(CCCC1)O2. The fourth-order valence-electron chi connectivity index (χ4n) is 4.07. The van der Waals surface area contributed by atoms with Crippen molar-refractivity contribution >= 4 is 40.9 Å². The summed E-state index contributed by atoms with van der Waals surface area (Å²) in [6.45, 7) is -0.438. The minimum atomic E-state index is -0.610. The summed E-state index contributed by atoms with van der Waals surface area (Å²) in [4.78, 5) is 37.5. The highest BCUT2D eigenvalue weighted by atomic mass is 32.2. The third-order valence-electron chi connectivity index (χ3n) is 5.61. The molecule has 9 heteroatoms. The molecule has 1 fully saturated rings. The van der Waals surface area contributed by atoms with Crippen LogP contribution in [0.1, 0.15) is 32.1 Å². The van der Waals surface area contributed by atoms with Gasteiger partial charge in [-0.1, -0.05) is 12.1 Å². The summed E-state index contributed by atoms with van der Waals surface area (Å²) in [5.74, 6) is -0.636. The Morgan fingerprint density at radius 2 is 1.91 bits per heavy atom. The molecule has 8 nitrogen and oxygen atoms in total. The van der Waals surface area contributed by atoms with Crippen molar-refractivity contribution in [2.75, 3.05) is 17.2 Å². The van der Waals surface area contributed by atoms with E-state index >= 15 is 0 Å². The van der Waals surface area contributed by atoms with Gasteiger partial charge in [0.25, 0.3) is 11.7 Å². The number of nitrogens with one attached hydrogen (secondary N) is 2. The molecule has 3 aliphatic rings. The molecule has 2 heterocycles. The van der Waals surface area contributed by atoms with Crippen LogP contribution in [-0.2, 0) is 19.1 Å². The number of carbonyl (C=O) groups excluding carboxylic acids is 3. The normalized spacial score (nSPS) is 19.9. The van der Waals surface area contributed by atoms with Gasteiger partial charge in [-0.05, 0) is 37.1 Å². The van der Waals surface area contributed by atoms with Gasteiger partial charge >= 0.3 is 5.97 Å². The maximum absolute atomic E-state index is 12.2. The third kappa shape index (κ3) is 4.25. The van der Waals surface area contributed by atoms with Crippen molar-refractivity contribution in [1.82, 2.24) is 0 Å². The molecule has 0 saturated heterocycles. The van der Waals surface area contributed by atoms with E-state index in [1.165, 1.54) is 11.8 Å². The van der Waals surface area contributed by atoms with Gasteiger partial charge in [0.05, 0.1) is 17.4 Å². The molecule has 166 valence electrons. The number of thioether (sulfide) groups is 1. The van der Waals surface area contributed by atoms with Crippen molar-refractivity contribution in [1.29, 1.82) is 0 Å². The number of carbonyl (C=O) groups is 3. The Morgan fingerprint density at radius 3 is 2.75 bits per heavy atom. The van der Waals surface area contributed by atoms with Gasteiger partial charge in [-0.3, -0.25) is 14.4 Å². The monoisotopic (exact) mass is 454 g/mol. The molecule has 2 amide bonds. The molecule has 2 aromatic rings. The largest absolute Gasteiger partial charge is 0.456 e. The second-order valence-corrected chi connectivity index (χ2v) is 9.23. The smallest absolute Gasteiger partial charge is 0.307 e. The number of ether oxygens (including phenoxy) is 3. The number of fused-ring (bicyclic) bond motifs is 2. The van der Waals surface area contributed by atoms with E-state index in [4.69, 9.17) is 14.2 Å². The summed E-state index contributed by atoms with van der Waals surface area (Å²) >= 11 is 1.31. The number of anilines is 2. The summed E-state index contributed by atoms with van der Waals surface area (Å²) in [5.41, 5.74) is 1.26. The Hall–Kier alpha value is -3.20. The predicted molar refractivity (Wildman–Crippen MR) is 118 cm³/mol. The lowest BCUT2D eigenvalue weighted by molar-refractivity contribution is -0.147. The summed E-state index contributed by atoms with van der Waals surface area (Å²) in [6, 6.07) is 12.6. The summed E-state index contributed by atoms with van der Waals surface area (Å²) < 4.78 is 17.0. The second-order valence-electron chi connectivity index (χ2n) is 7.99. The number of esters is 1. The van der Waals surface area contributed by atoms with Crippen LogP contribution in [0.15, 0.2) is 47.4 Å². The molecule has 1 unspecified atom stereocenters. The quantitative estimate of drug-likeness (QED) is 0.664. The van der Waals surface area contributed by atoms with Crippen LogP contribution in [0, 0.1) is 0 Å². The highest BCUT2D eigenvalue weighted by Crippen LogP contribution is 2.47. The first-order valence-electron chi connectivity index (χ1n) is 10.5. The van der Waals surface area contributed by atoms with Crippen LogP contribution < -0.4 is 20.1 Å². The Bertz CT molecular complexity index is 1080. The number of benzene rings is 2. The lowest BCUT2D eigenvalue weighted by Crippen LogP contribution is -2.34.